The summed E-state index contributed by atoms with van der Waals surface area (Å²) in [4.78, 5) is 0. The van der Waals surface area contributed by atoms with Crippen molar-refractivity contribution in [3.05, 3.63) is 28.2 Å². The summed E-state index contributed by atoms with van der Waals surface area (Å²) in [5.74, 6) is 6.69. The minimum absolute atomic E-state index is 0.630. The number of halogens is 1. The van der Waals surface area contributed by atoms with Gasteiger partial charge in [-0.2, -0.15) is 0 Å². The first-order valence-corrected chi connectivity index (χ1v) is 6.08. The van der Waals surface area contributed by atoms with E-state index in [0.29, 0.717) is 13.2 Å². The third-order valence-corrected chi connectivity index (χ3v) is 2.88. The van der Waals surface area contributed by atoms with Crippen molar-refractivity contribution in [2.75, 3.05) is 13.2 Å². The zero-order valence-corrected chi connectivity index (χ0v) is 11.0. The molecule has 1 rings (SSSR count). The molecule has 0 aromatic heterocycles. The second-order valence-corrected chi connectivity index (χ2v) is 4.17. The summed E-state index contributed by atoms with van der Waals surface area (Å²) >= 11 is 3.49. The summed E-state index contributed by atoms with van der Waals surface area (Å²) in [7, 11) is 0. The number of nitrogens with two attached hydrogens (primary N) is 1. The molecule has 0 saturated carbocycles. The first kappa shape index (κ1) is 13.1. The number of ether oxygens (including phenoxy) is 1. The Morgan fingerprint density at radius 3 is 2.94 bits per heavy atom. The predicted molar refractivity (Wildman–Crippen MR) is 70.5 cm³/mol. The van der Waals surface area contributed by atoms with E-state index in [4.69, 9.17) is 10.5 Å². The van der Waals surface area contributed by atoms with Crippen molar-refractivity contribution in [3.8, 4) is 17.6 Å². The Labute approximate surface area is 105 Å². The van der Waals surface area contributed by atoms with Crippen LogP contribution in [-0.2, 0) is 6.42 Å². The van der Waals surface area contributed by atoms with Crippen LogP contribution < -0.4 is 10.5 Å². The standard InChI is InChI=1S/C13H16BrNO/c1-2-3-4-9-16-12-5-6-13(14)11(10-12)7-8-15/h5-6,10H,4,7-9,15H2,1H3. The number of hydrogen-bond donors (Lipinski definition) is 1. The molecule has 2 N–H and O–H groups in total. The third-order valence-electron chi connectivity index (χ3n) is 2.10. The Morgan fingerprint density at radius 1 is 1.44 bits per heavy atom. The zero-order valence-electron chi connectivity index (χ0n) is 9.42. The molecule has 0 spiro atoms. The molecule has 0 heterocycles. The normalized spacial score (nSPS) is 9.44. The van der Waals surface area contributed by atoms with E-state index in [9.17, 15) is 0 Å². The molecule has 1 aromatic rings. The van der Waals surface area contributed by atoms with E-state index in [-0.39, 0.29) is 0 Å². The predicted octanol–water partition coefficient (Wildman–Crippen LogP) is 2.74. The number of benzene rings is 1. The van der Waals surface area contributed by atoms with E-state index in [1.54, 1.807) is 0 Å². The summed E-state index contributed by atoms with van der Waals surface area (Å²) < 4.78 is 6.67. The Morgan fingerprint density at radius 2 is 2.25 bits per heavy atom. The van der Waals surface area contributed by atoms with E-state index in [0.717, 1.165) is 23.1 Å². The first-order chi connectivity index (χ1) is 7.77. The molecule has 1 aromatic carbocycles. The minimum Gasteiger partial charge on any atom is -0.493 e. The van der Waals surface area contributed by atoms with Gasteiger partial charge in [-0.15, -0.1) is 11.8 Å². The molecule has 3 heteroatoms. The third kappa shape index (κ3) is 4.26. The Kier molecular flexibility index (Phi) is 5.99. The quantitative estimate of drug-likeness (QED) is 0.665. The molecule has 0 fully saturated rings. The molecular weight excluding hydrogens is 266 g/mol. The van der Waals surface area contributed by atoms with Crippen molar-refractivity contribution in [1.29, 1.82) is 0 Å². The summed E-state index contributed by atoms with van der Waals surface area (Å²) in [6.07, 6.45) is 1.62. The van der Waals surface area contributed by atoms with Gasteiger partial charge < -0.3 is 10.5 Å². The fourth-order valence-corrected chi connectivity index (χ4v) is 1.78. The van der Waals surface area contributed by atoms with Crippen molar-refractivity contribution in [1.82, 2.24) is 0 Å². The number of rotatable bonds is 5. The molecule has 0 bridgehead atoms. The average Bonchev–Trinajstić information content (AvgIpc) is 2.29. The van der Waals surface area contributed by atoms with Gasteiger partial charge in [0.05, 0.1) is 6.61 Å². The maximum Gasteiger partial charge on any atom is 0.119 e. The van der Waals surface area contributed by atoms with Crippen LogP contribution in [-0.4, -0.2) is 13.2 Å². The van der Waals surface area contributed by atoms with Gasteiger partial charge in [-0.05, 0) is 43.7 Å². The van der Waals surface area contributed by atoms with Crippen LogP contribution >= 0.6 is 15.9 Å². The SMILES string of the molecule is CC#CCCOc1ccc(Br)c(CCN)c1. The van der Waals surface area contributed by atoms with Crippen LogP contribution in [0.5, 0.6) is 5.75 Å². The Hall–Kier alpha value is -0.980. The molecule has 0 aliphatic carbocycles. The second-order valence-electron chi connectivity index (χ2n) is 3.32. The van der Waals surface area contributed by atoms with Crippen molar-refractivity contribution in [2.45, 2.75) is 19.8 Å². The maximum atomic E-state index is 5.59. The van der Waals surface area contributed by atoms with Gasteiger partial charge in [0.1, 0.15) is 5.75 Å². The highest BCUT2D eigenvalue weighted by Gasteiger charge is 2.01. The van der Waals surface area contributed by atoms with Crippen molar-refractivity contribution >= 4 is 15.9 Å². The summed E-state index contributed by atoms with van der Waals surface area (Å²) in [6, 6.07) is 5.96. The van der Waals surface area contributed by atoms with Crippen LogP contribution in [0.25, 0.3) is 0 Å². The maximum absolute atomic E-state index is 5.59. The van der Waals surface area contributed by atoms with E-state index in [2.05, 4.69) is 27.8 Å². The lowest BCUT2D eigenvalue weighted by molar-refractivity contribution is 0.327. The molecule has 16 heavy (non-hydrogen) atoms. The molecule has 0 radical (unpaired) electrons. The monoisotopic (exact) mass is 281 g/mol. The fourth-order valence-electron chi connectivity index (χ4n) is 1.33. The van der Waals surface area contributed by atoms with Crippen LogP contribution in [0.2, 0.25) is 0 Å². The highest BCUT2D eigenvalue weighted by Crippen LogP contribution is 2.22. The molecule has 0 aliphatic heterocycles. The van der Waals surface area contributed by atoms with Gasteiger partial charge >= 0.3 is 0 Å². The van der Waals surface area contributed by atoms with Gasteiger partial charge in [0, 0.05) is 10.9 Å². The lowest BCUT2D eigenvalue weighted by Gasteiger charge is -2.08. The minimum atomic E-state index is 0.630. The van der Waals surface area contributed by atoms with Gasteiger partial charge in [0.2, 0.25) is 0 Å². The average molecular weight is 282 g/mol. The molecule has 86 valence electrons. The fraction of sp³-hybridized carbons (Fsp3) is 0.385. The van der Waals surface area contributed by atoms with Crippen LogP contribution in [0.15, 0.2) is 22.7 Å². The second kappa shape index (κ2) is 7.32. The zero-order chi connectivity index (χ0) is 11.8. The Balaban J connectivity index is 2.58. The largest absolute Gasteiger partial charge is 0.493 e. The molecule has 0 unspecified atom stereocenters. The molecular formula is C13H16BrNO. The Bertz CT molecular complexity index is 393. The van der Waals surface area contributed by atoms with Crippen molar-refractivity contribution in [2.24, 2.45) is 5.73 Å². The van der Waals surface area contributed by atoms with E-state index in [1.807, 2.05) is 25.1 Å². The van der Waals surface area contributed by atoms with Crippen LogP contribution in [0, 0.1) is 11.8 Å². The van der Waals surface area contributed by atoms with Gasteiger partial charge in [-0.25, -0.2) is 0 Å². The van der Waals surface area contributed by atoms with Crippen LogP contribution in [0.4, 0.5) is 0 Å². The van der Waals surface area contributed by atoms with Crippen LogP contribution in [0.1, 0.15) is 18.9 Å². The van der Waals surface area contributed by atoms with E-state index < -0.39 is 0 Å². The summed E-state index contributed by atoms with van der Waals surface area (Å²) in [5, 5.41) is 0. The van der Waals surface area contributed by atoms with Crippen LogP contribution in [0.3, 0.4) is 0 Å². The lowest BCUT2D eigenvalue weighted by atomic mass is 10.1. The molecule has 2 nitrogen and oxygen atoms in total. The highest BCUT2D eigenvalue weighted by atomic mass is 79.9. The summed E-state index contributed by atoms with van der Waals surface area (Å²) in [5.41, 5.74) is 6.72. The smallest absolute Gasteiger partial charge is 0.119 e. The molecule has 0 aliphatic rings. The molecule has 0 amide bonds. The van der Waals surface area contributed by atoms with E-state index >= 15 is 0 Å². The molecule has 0 saturated heterocycles. The summed E-state index contributed by atoms with van der Waals surface area (Å²) in [6.45, 7) is 3.10. The number of hydrogen-bond acceptors (Lipinski definition) is 2. The first-order valence-electron chi connectivity index (χ1n) is 5.29. The molecule has 0 atom stereocenters. The van der Waals surface area contributed by atoms with E-state index in [1.165, 1.54) is 5.56 Å². The van der Waals surface area contributed by atoms with Gasteiger partial charge in [-0.1, -0.05) is 15.9 Å². The van der Waals surface area contributed by atoms with Gasteiger partial charge in [0.15, 0.2) is 0 Å². The van der Waals surface area contributed by atoms with Gasteiger partial charge in [0.25, 0.3) is 0 Å². The van der Waals surface area contributed by atoms with Crippen molar-refractivity contribution in [3.63, 3.8) is 0 Å². The highest BCUT2D eigenvalue weighted by molar-refractivity contribution is 9.10. The lowest BCUT2D eigenvalue weighted by Crippen LogP contribution is -2.04. The van der Waals surface area contributed by atoms with Gasteiger partial charge in [-0.3, -0.25) is 0 Å². The topological polar surface area (TPSA) is 35.2 Å². The van der Waals surface area contributed by atoms with Crippen molar-refractivity contribution < 1.29 is 4.74 Å².